The highest BCUT2D eigenvalue weighted by atomic mass is 35.5. The summed E-state index contributed by atoms with van der Waals surface area (Å²) >= 11 is 5.93. The quantitative estimate of drug-likeness (QED) is 0.242. The van der Waals surface area contributed by atoms with Gasteiger partial charge in [0.25, 0.3) is 11.6 Å². The second-order valence-corrected chi connectivity index (χ2v) is 6.72. The third-order valence-electron chi connectivity index (χ3n) is 4.29. The van der Waals surface area contributed by atoms with Crippen molar-refractivity contribution >= 4 is 35.2 Å². The number of halogens is 2. The van der Waals surface area contributed by atoms with E-state index in [2.05, 4.69) is 35.8 Å². The van der Waals surface area contributed by atoms with Gasteiger partial charge in [-0.3, -0.25) is 14.9 Å². The monoisotopic (exact) mass is 471 g/mol. The first-order valence-electron chi connectivity index (χ1n) is 8.93. The Morgan fingerprint density at radius 2 is 2.03 bits per heavy atom. The molecule has 3 N–H and O–H groups in total. The predicted molar refractivity (Wildman–Crippen MR) is 112 cm³/mol. The van der Waals surface area contributed by atoms with Gasteiger partial charge in [0.2, 0.25) is 11.6 Å². The van der Waals surface area contributed by atoms with Crippen LogP contribution in [-0.4, -0.2) is 42.4 Å². The van der Waals surface area contributed by atoms with Gasteiger partial charge in [0.1, 0.15) is 11.5 Å². The fourth-order valence-electron chi connectivity index (χ4n) is 2.76. The number of rotatable bonds is 6. The smallest absolute Gasteiger partial charge is 0.294 e. The van der Waals surface area contributed by atoms with Crippen molar-refractivity contribution in [3.63, 3.8) is 0 Å². The number of carbonyl (C=O) groups is 1. The topological polar surface area (TPSA) is 180 Å². The summed E-state index contributed by atoms with van der Waals surface area (Å²) < 4.78 is 19.5. The molecule has 4 rings (SSSR count). The third kappa shape index (κ3) is 4.22. The average molecular weight is 472 g/mol. The SMILES string of the molecule is Nc1nonc1-n1nnc(C(=O)N/N=C/c2c(F)cccc2Cl)c1-c1ccc([N+](=O)[O-])cc1. The van der Waals surface area contributed by atoms with E-state index in [1.165, 1.54) is 42.5 Å². The lowest BCUT2D eigenvalue weighted by atomic mass is 10.1. The molecule has 0 unspecified atom stereocenters. The molecule has 1 amide bonds. The number of nitro groups is 1. The van der Waals surface area contributed by atoms with Crippen LogP contribution < -0.4 is 11.2 Å². The van der Waals surface area contributed by atoms with Gasteiger partial charge in [-0.15, -0.1) is 5.10 Å². The molecule has 166 valence electrons. The minimum Gasteiger partial charge on any atom is -0.378 e. The number of nitrogens with zero attached hydrogens (tertiary/aromatic N) is 7. The van der Waals surface area contributed by atoms with Gasteiger partial charge in [0.15, 0.2) is 5.69 Å². The van der Waals surface area contributed by atoms with E-state index in [-0.39, 0.29) is 39.3 Å². The Morgan fingerprint density at radius 1 is 1.27 bits per heavy atom. The van der Waals surface area contributed by atoms with Crippen LogP contribution >= 0.6 is 11.6 Å². The Kier molecular flexibility index (Phi) is 5.73. The van der Waals surface area contributed by atoms with Crippen molar-refractivity contribution in [1.29, 1.82) is 0 Å². The fraction of sp³-hybridized carbons (Fsp3) is 0. The van der Waals surface area contributed by atoms with E-state index in [0.29, 0.717) is 5.56 Å². The largest absolute Gasteiger partial charge is 0.378 e. The number of amides is 1. The molecule has 0 radical (unpaired) electrons. The number of anilines is 1. The van der Waals surface area contributed by atoms with Crippen LogP contribution in [0.5, 0.6) is 0 Å². The molecular formula is C18H11ClFN9O4. The van der Waals surface area contributed by atoms with Crippen LogP contribution in [0.2, 0.25) is 5.02 Å². The molecule has 0 aliphatic carbocycles. The Balaban J connectivity index is 1.71. The molecule has 0 fully saturated rings. The van der Waals surface area contributed by atoms with Crippen molar-refractivity contribution in [2.75, 3.05) is 5.73 Å². The van der Waals surface area contributed by atoms with Gasteiger partial charge in [0.05, 0.1) is 16.2 Å². The summed E-state index contributed by atoms with van der Waals surface area (Å²) in [5, 5.41) is 29.6. The zero-order chi connectivity index (χ0) is 23.5. The molecule has 2 aromatic heterocycles. The zero-order valence-corrected chi connectivity index (χ0v) is 17.0. The van der Waals surface area contributed by atoms with Crippen LogP contribution in [0, 0.1) is 15.9 Å². The summed E-state index contributed by atoms with van der Waals surface area (Å²) in [4.78, 5) is 23.2. The summed E-state index contributed by atoms with van der Waals surface area (Å²) in [5.74, 6) is -1.65. The lowest BCUT2D eigenvalue weighted by Gasteiger charge is -2.06. The predicted octanol–water partition coefficient (Wildman–Crippen LogP) is 2.36. The minimum absolute atomic E-state index is 0.0276. The molecule has 0 aliphatic rings. The van der Waals surface area contributed by atoms with Crippen LogP contribution in [0.15, 0.2) is 52.2 Å². The highest BCUT2D eigenvalue weighted by Crippen LogP contribution is 2.28. The number of hydrogen-bond acceptors (Lipinski definition) is 10. The molecule has 0 atom stereocenters. The third-order valence-corrected chi connectivity index (χ3v) is 4.62. The number of hydrogen-bond donors (Lipinski definition) is 2. The summed E-state index contributed by atoms with van der Waals surface area (Å²) in [6.45, 7) is 0. The number of carbonyl (C=O) groups excluding carboxylic acids is 1. The molecule has 0 saturated carbocycles. The maximum Gasteiger partial charge on any atom is 0.294 e. The van der Waals surface area contributed by atoms with Gasteiger partial charge in [0, 0.05) is 23.3 Å². The van der Waals surface area contributed by atoms with Crippen molar-refractivity contribution in [3.8, 4) is 17.1 Å². The van der Waals surface area contributed by atoms with E-state index in [9.17, 15) is 19.3 Å². The van der Waals surface area contributed by atoms with Gasteiger partial charge in [-0.2, -0.15) is 9.78 Å². The zero-order valence-electron chi connectivity index (χ0n) is 16.2. The van der Waals surface area contributed by atoms with Crippen LogP contribution in [0.3, 0.4) is 0 Å². The Hall–Kier alpha value is -4.72. The second kappa shape index (κ2) is 8.80. The van der Waals surface area contributed by atoms with E-state index >= 15 is 0 Å². The normalized spacial score (nSPS) is 11.1. The van der Waals surface area contributed by atoms with Crippen molar-refractivity contribution in [2.24, 2.45) is 5.10 Å². The van der Waals surface area contributed by atoms with Gasteiger partial charge in [-0.1, -0.05) is 22.9 Å². The molecular weight excluding hydrogens is 461 g/mol. The fourth-order valence-corrected chi connectivity index (χ4v) is 2.98. The molecule has 0 saturated heterocycles. The minimum atomic E-state index is -0.826. The first kappa shape index (κ1) is 21.5. The second-order valence-electron chi connectivity index (χ2n) is 6.31. The number of non-ortho nitro benzene ring substituents is 1. The maximum atomic E-state index is 13.9. The summed E-state index contributed by atoms with van der Waals surface area (Å²) in [6.07, 6.45) is 1.03. The number of benzene rings is 2. The van der Waals surface area contributed by atoms with Crippen LogP contribution in [0.4, 0.5) is 15.9 Å². The highest BCUT2D eigenvalue weighted by Gasteiger charge is 2.25. The average Bonchev–Trinajstić information content (AvgIpc) is 3.41. The maximum absolute atomic E-state index is 13.9. The summed E-state index contributed by atoms with van der Waals surface area (Å²) in [7, 11) is 0. The Morgan fingerprint density at radius 3 is 2.67 bits per heavy atom. The standard InChI is InChI=1S/C18H11ClFN9O4/c19-12-2-1-3-13(20)11(12)8-22-24-18(30)14-15(9-4-6-10(7-5-9)29(31)32)28(27-23-14)17-16(21)25-33-26-17/h1-8H,(H2,21,25)(H,24,30)/b22-8+. The lowest BCUT2D eigenvalue weighted by Crippen LogP contribution is -2.19. The number of hydrazone groups is 1. The molecule has 13 nitrogen and oxygen atoms in total. The lowest BCUT2D eigenvalue weighted by molar-refractivity contribution is -0.384. The number of nitro benzene ring substituents is 1. The molecule has 0 aliphatic heterocycles. The van der Waals surface area contributed by atoms with Gasteiger partial charge < -0.3 is 5.73 Å². The van der Waals surface area contributed by atoms with E-state index < -0.39 is 16.6 Å². The number of nitrogens with one attached hydrogen (secondary N) is 1. The van der Waals surface area contributed by atoms with E-state index in [1.807, 2.05) is 0 Å². The first-order chi connectivity index (χ1) is 15.9. The number of nitrogens with two attached hydrogens (primary N) is 1. The van der Waals surface area contributed by atoms with Crippen LogP contribution in [0.1, 0.15) is 16.1 Å². The summed E-state index contributed by atoms with van der Waals surface area (Å²) in [5.41, 5.74) is 7.89. The van der Waals surface area contributed by atoms with Crippen LogP contribution in [-0.2, 0) is 0 Å². The molecule has 0 bridgehead atoms. The number of nitrogen functional groups attached to an aromatic ring is 1. The highest BCUT2D eigenvalue weighted by molar-refractivity contribution is 6.33. The van der Waals surface area contributed by atoms with Crippen molar-refractivity contribution in [1.82, 2.24) is 30.7 Å². The van der Waals surface area contributed by atoms with Crippen LogP contribution in [0.25, 0.3) is 17.1 Å². The summed E-state index contributed by atoms with van der Waals surface area (Å²) in [6, 6.07) is 9.31. The molecule has 15 heteroatoms. The molecule has 33 heavy (non-hydrogen) atoms. The van der Waals surface area contributed by atoms with E-state index in [0.717, 1.165) is 10.9 Å². The molecule has 4 aromatic rings. The van der Waals surface area contributed by atoms with Crippen molar-refractivity contribution < 1.29 is 18.7 Å². The molecule has 2 aromatic carbocycles. The molecule has 0 spiro atoms. The van der Waals surface area contributed by atoms with Gasteiger partial charge in [-0.05, 0) is 34.6 Å². The number of aromatic nitrogens is 5. The van der Waals surface area contributed by atoms with E-state index in [4.69, 9.17) is 17.3 Å². The molecule has 2 heterocycles. The first-order valence-corrected chi connectivity index (χ1v) is 9.31. The van der Waals surface area contributed by atoms with Gasteiger partial charge in [-0.25, -0.2) is 14.4 Å². The Bertz CT molecular complexity index is 1360. The van der Waals surface area contributed by atoms with Crippen molar-refractivity contribution in [3.05, 3.63) is 74.7 Å². The van der Waals surface area contributed by atoms with Gasteiger partial charge >= 0.3 is 0 Å². The van der Waals surface area contributed by atoms with Crippen molar-refractivity contribution in [2.45, 2.75) is 0 Å². The van der Waals surface area contributed by atoms with E-state index in [1.54, 1.807) is 0 Å². The Labute approximate surface area is 187 Å².